The number of nitrogens with one attached hydrogen (secondary N) is 1. The molecule has 0 bridgehead atoms. The number of thioether (sulfide) groups is 1. The highest BCUT2D eigenvalue weighted by atomic mass is 32.2. The molecule has 2 aliphatic heterocycles. The first-order valence-corrected chi connectivity index (χ1v) is 8.85. The van der Waals surface area contributed by atoms with E-state index in [0.29, 0.717) is 28.6 Å². The Morgan fingerprint density at radius 1 is 1.25 bits per heavy atom. The van der Waals surface area contributed by atoms with Gasteiger partial charge >= 0.3 is 0 Å². The fourth-order valence-corrected chi connectivity index (χ4v) is 3.66. The van der Waals surface area contributed by atoms with Crippen molar-refractivity contribution in [1.29, 1.82) is 0 Å². The van der Waals surface area contributed by atoms with Crippen LogP contribution >= 0.6 is 11.8 Å². The standard InChI is InChI=1S/C17H16N2O4S/c20-17(19-12-1-2-14-15(8-12)22-10-21-14)11-3-5-18-16(7-11)23-13-4-6-24-9-13/h1-3,5,7-8,13H,4,6,9-10H2,(H,19,20). The Morgan fingerprint density at radius 2 is 2.17 bits per heavy atom. The summed E-state index contributed by atoms with van der Waals surface area (Å²) in [5.41, 5.74) is 1.15. The molecule has 0 aliphatic carbocycles. The van der Waals surface area contributed by atoms with E-state index >= 15 is 0 Å². The van der Waals surface area contributed by atoms with Gasteiger partial charge in [-0.1, -0.05) is 0 Å². The summed E-state index contributed by atoms with van der Waals surface area (Å²) in [5.74, 6) is 3.65. The second-order valence-corrected chi connectivity index (χ2v) is 6.66. The van der Waals surface area contributed by atoms with Crippen LogP contribution in [0.1, 0.15) is 16.8 Å². The SMILES string of the molecule is O=C(Nc1ccc2c(c1)OCO2)c1ccnc(OC2CCSC2)c1. The molecule has 2 aliphatic rings. The number of rotatable bonds is 4. The lowest BCUT2D eigenvalue weighted by Gasteiger charge is -2.12. The predicted octanol–water partition coefficient (Wildman–Crippen LogP) is 2.95. The quantitative estimate of drug-likeness (QED) is 0.920. The average molecular weight is 344 g/mol. The number of amides is 1. The molecule has 1 N–H and O–H groups in total. The van der Waals surface area contributed by atoms with Gasteiger partial charge in [0.2, 0.25) is 12.7 Å². The third-order valence-corrected chi connectivity index (χ3v) is 4.93. The maximum absolute atomic E-state index is 12.4. The lowest BCUT2D eigenvalue weighted by Crippen LogP contribution is -2.17. The number of ether oxygens (including phenoxy) is 3. The van der Waals surface area contributed by atoms with E-state index in [4.69, 9.17) is 14.2 Å². The van der Waals surface area contributed by atoms with Crippen molar-refractivity contribution in [2.45, 2.75) is 12.5 Å². The van der Waals surface area contributed by atoms with Gasteiger partial charge in [-0.05, 0) is 30.4 Å². The summed E-state index contributed by atoms with van der Waals surface area (Å²) in [7, 11) is 0. The number of pyridine rings is 1. The first-order valence-electron chi connectivity index (χ1n) is 7.69. The molecule has 3 heterocycles. The lowest BCUT2D eigenvalue weighted by atomic mass is 10.2. The van der Waals surface area contributed by atoms with E-state index in [1.54, 1.807) is 36.5 Å². The van der Waals surface area contributed by atoms with E-state index in [2.05, 4.69) is 10.3 Å². The van der Waals surface area contributed by atoms with Crippen molar-refractivity contribution in [3.63, 3.8) is 0 Å². The molecule has 1 fully saturated rings. The Morgan fingerprint density at radius 3 is 3.04 bits per heavy atom. The van der Waals surface area contributed by atoms with Gasteiger partial charge in [-0.25, -0.2) is 4.98 Å². The Balaban J connectivity index is 1.45. The number of anilines is 1. The third-order valence-electron chi connectivity index (χ3n) is 3.80. The normalized spacial score (nSPS) is 18.4. The fourth-order valence-electron chi connectivity index (χ4n) is 2.57. The number of carbonyl (C=O) groups is 1. The summed E-state index contributed by atoms with van der Waals surface area (Å²) in [5, 5.41) is 2.85. The van der Waals surface area contributed by atoms with Crippen molar-refractivity contribution < 1.29 is 19.0 Å². The molecule has 1 saturated heterocycles. The van der Waals surface area contributed by atoms with Crippen LogP contribution in [0, 0.1) is 0 Å². The van der Waals surface area contributed by atoms with Gasteiger partial charge in [-0.15, -0.1) is 0 Å². The molecular formula is C17H16N2O4S. The van der Waals surface area contributed by atoms with Gasteiger partial charge in [-0.2, -0.15) is 11.8 Å². The summed E-state index contributed by atoms with van der Waals surface area (Å²) in [6.45, 7) is 0.206. The zero-order valence-corrected chi connectivity index (χ0v) is 13.7. The molecule has 124 valence electrons. The van der Waals surface area contributed by atoms with Crippen molar-refractivity contribution in [1.82, 2.24) is 4.98 Å². The van der Waals surface area contributed by atoms with Gasteiger partial charge in [0.25, 0.3) is 5.91 Å². The minimum Gasteiger partial charge on any atom is -0.473 e. The van der Waals surface area contributed by atoms with Crippen LogP contribution in [0.2, 0.25) is 0 Å². The first-order chi connectivity index (χ1) is 11.8. The average Bonchev–Trinajstić information content (AvgIpc) is 3.26. The van der Waals surface area contributed by atoms with Gasteiger partial charge in [0.1, 0.15) is 6.10 Å². The van der Waals surface area contributed by atoms with Crippen LogP contribution in [0.3, 0.4) is 0 Å². The van der Waals surface area contributed by atoms with E-state index in [1.165, 1.54) is 0 Å². The number of fused-ring (bicyclic) bond motifs is 1. The highest BCUT2D eigenvalue weighted by Gasteiger charge is 2.19. The van der Waals surface area contributed by atoms with E-state index in [1.807, 2.05) is 11.8 Å². The molecule has 1 atom stereocenters. The van der Waals surface area contributed by atoms with Crippen molar-refractivity contribution in [2.75, 3.05) is 23.6 Å². The van der Waals surface area contributed by atoms with E-state index in [9.17, 15) is 4.79 Å². The monoisotopic (exact) mass is 344 g/mol. The highest BCUT2D eigenvalue weighted by molar-refractivity contribution is 7.99. The number of benzene rings is 1. The van der Waals surface area contributed by atoms with Gasteiger partial charge in [0, 0.05) is 35.3 Å². The van der Waals surface area contributed by atoms with E-state index in [-0.39, 0.29) is 18.8 Å². The lowest BCUT2D eigenvalue weighted by molar-refractivity contribution is 0.102. The Hall–Kier alpha value is -2.41. The number of aromatic nitrogens is 1. The molecule has 2 aromatic rings. The molecule has 0 spiro atoms. The Bertz CT molecular complexity index is 762. The van der Waals surface area contributed by atoms with Crippen molar-refractivity contribution in [3.05, 3.63) is 42.1 Å². The maximum atomic E-state index is 12.4. The van der Waals surface area contributed by atoms with Gasteiger partial charge < -0.3 is 19.5 Å². The van der Waals surface area contributed by atoms with E-state index < -0.39 is 0 Å². The van der Waals surface area contributed by atoms with Crippen LogP contribution in [0.25, 0.3) is 0 Å². The highest BCUT2D eigenvalue weighted by Crippen LogP contribution is 2.34. The smallest absolute Gasteiger partial charge is 0.255 e. The predicted molar refractivity (Wildman–Crippen MR) is 91.1 cm³/mol. The third kappa shape index (κ3) is 3.26. The molecule has 1 unspecified atom stereocenters. The van der Waals surface area contributed by atoms with Crippen LogP contribution in [0.15, 0.2) is 36.5 Å². The molecule has 0 radical (unpaired) electrons. The fraction of sp³-hybridized carbons (Fsp3) is 0.294. The first kappa shape index (κ1) is 15.1. The summed E-state index contributed by atoms with van der Waals surface area (Å²) in [6.07, 6.45) is 2.78. The van der Waals surface area contributed by atoms with Crippen LogP contribution < -0.4 is 19.5 Å². The van der Waals surface area contributed by atoms with E-state index in [0.717, 1.165) is 17.9 Å². The van der Waals surface area contributed by atoms with Crippen LogP contribution in [0.5, 0.6) is 17.4 Å². The number of hydrogen-bond acceptors (Lipinski definition) is 6. The largest absolute Gasteiger partial charge is 0.473 e. The Labute approximate surface area is 143 Å². The zero-order valence-electron chi connectivity index (χ0n) is 12.9. The number of hydrogen-bond donors (Lipinski definition) is 1. The van der Waals surface area contributed by atoms with Gasteiger partial charge in [0.05, 0.1) is 0 Å². The molecule has 7 heteroatoms. The van der Waals surface area contributed by atoms with Gasteiger partial charge in [-0.3, -0.25) is 4.79 Å². The summed E-state index contributed by atoms with van der Waals surface area (Å²) >= 11 is 1.87. The molecule has 4 rings (SSSR count). The maximum Gasteiger partial charge on any atom is 0.255 e. The molecule has 1 aromatic heterocycles. The minimum atomic E-state index is -0.220. The molecule has 6 nitrogen and oxygen atoms in total. The van der Waals surface area contributed by atoms with Crippen molar-refractivity contribution in [2.24, 2.45) is 0 Å². The summed E-state index contributed by atoms with van der Waals surface area (Å²) in [6, 6.07) is 8.63. The Kier molecular flexibility index (Phi) is 4.17. The summed E-state index contributed by atoms with van der Waals surface area (Å²) in [4.78, 5) is 16.6. The topological polar surface area (TPSA) is 69.7 Å². The number of nitrogens with zero attached hydrogens (tertiary/aromatic N) is 1. The van der Waals surface area contributed by atoms with Crippen LogP contribution in [0.4, 0.5) is 5.69 Å². The molecule has 1 amide bonds. The van der Waals surface area contributed by atoms with Crippen LogP contribution in [-0.4, -0.2) is 35.3 Å². The second kappa shape index (κ2) is 6.60. The van der Waals surface area contributed by atoms with Crippen molar-refractivity contribution in [3.8, 4) is 17.4 Å². The molecule has 0 saturated carbocycles. The minimum absolute atomic E-state index is 0.176. The second-order valence-electron chi connectivity index (χ2n) is 5.51. The van der Waals surface area contributed by atoms with Crippen molar-refractivity contribution >= 4 is 23.4 Å². The zero-order chi connectivity index (χ0) is 16.4. The van der Waals surface area contributed by atoms with Gasteiger partial charge in [0.15, 0.2) is 11.5 Å². The summed E-state index contributed by atoms with van der Waals surface area (Å²) < 4.78 is 16.4. The van der Waals surface area contributed by atoms with Crippen LogP contribution in [-0.2, 0) is 0 Å². The molecule has 24 heavy (non-hydrogen) atoms. The molecular weight excluding hydrogens is 328 g/mol. The molecule has 1 aromatic carbocycles. The number of carbonyl (C=O) groups excluding carboxylic acids is 1.